The molecule has 0 saturated carbocycles. The Hall–Kier alpha value is -2.53. The van der Waals surface area contributed by atoms with Crippen molar-refractivity contribution in [2.75, 3.05) is 13.1 Å². The number of ether oxygens (including phenoxy) is 1. The van der Waals surface area contributed by atoms with Gasteiger partial charge in [-0.25, -0.2) is 4.79 Å². The van der Waals surface area contributed by atoms with Crippen LogP contribution in [0, 0.1) is 6.92 Å². The van der Waals surface area contributed by atoms with Crippen molar-refractivity contribution in [2.24, 2.45) is 0 Å². The lowest BCUT2D eigenvalue weighted by molar-refractivity contribution is -0.134. The van der Waals surface area contributed by atoms with Gasteiger partial charge >= 0.3 is 5.63 Å². The zero-order valence-electron chi connectivity index (χ0n) is 13.1. The molecule has 1 aliphatic heterocycles. The molecule has 0 radical (unpaired) electrons. The van der Waals surface area contributed by atoms with Gasteiger partial charge in [0.15, 0.2) is 0 Å². The van der Waals surface area contributed by atoms with Crippen LogP contribution >= 0.6 is 11.6 Å². The first-order chi connectivity index (χ1) is 11.5. The molecule has 0 atom stereocenters. The molecule has 0 bridgehead atoms. The average Bonchev–Trinajstić information content (AvgIpc) is 2.48. The smallest absolute Gasteiger partial charge is 0.339 e. The third-order valence-corrected chi connectivity index (χ3v) is 3.87. The predicted octanol–water partition coefficient (Wildman–Crippen LogP) is 2.90. The number of rotatable bonds is 4. The summed E-state index contributed by atoms with van der Waals surface area (Å²) in [5.41, 5.74) is 0.468. The summed E-state index contributed by atoms with van der Waals surface area (Å²) in [6.45, 7) is 2.67. The van der Waals surface area contributed by atoms with Gasteiger partial charge in [-0.2, -0.15) is 0 Å². The van der Waals surface area contributed by atoms with Crippen LogP contribution in [0.1, 0.15) is 11.3 Å². The zero-order valence-corrected chi connectivity index (χ0v) is 13.8. The lowest BCUT2D eigenvalue weighted by Crippen LogP contribution is -2.55. The van der Waals surface area contributed by atoms with Crippen molar-refractivity contribution in [1.82, 2.24) is 4.90 Å². The molecule has 2 aromatic rings. The van der Waals surface area contributed by atoms with Gasteiger partial charge < -0.3 is 14.1 Å². The van der Waals surface area contributed by atoms with Crippen LogP contribution in [0.4, 0.5) is 0 Å². The molecule has 1 amide bonds. The lowest BCUT2D eigenvalue weighted by Gasteiger charge is -2.38. The van der Waals surface area contributed by atoms with Crippen LogP contribution in [0.25, 0.3) is 6.08 Å². The van der Waals surface area contributed by atoms with Crippen molar-refractivity contribution in [3.05, 3.63) is 69.2 Å². The fraction of sp³-hybridized carbons (Fsp3) is 0.222. The van der Waals surface area contributed by atoms with E-state index in [-0.39, 0.29) is 12.0 Å². The SMILES string of the molecule is Cc1cc(OC2CN(C(=O)/C=C/c3ccc(Cl)cc3)C2)cc(=O)o1. The standard InChI is InChI=1S/C18H16ClNO4/c1-12-8-15(9-18(22)23-12)24-16-10-20(11-16)17(21)7-4-13-2-5-14(19)6-3-13/h2-9,16H,10-11H2,1H3/b7-4+. The van der Waals surface area contributed by atoms with Crippen LogP contribution in [0.2, 0.25) is 5.02 Å². The summed E-state index contributed by atoms with van der Waals surface area (Å²) in [7, 11) is 0. The van der Waals surface area contributed by atoms with Crippen LogP contribution < -0.4 is 10.4 Å². The molecular formula is C18H16ClNO4. The molecule has 0 aliphatic carbocycles. The van der Waals surface area contributed by atoms with E-state index in [0.717, 1.165) is 5.56 Å². The maximum atomic E-state index is 12.1. The van der Waals surface area contributed by atoms with Crippen molar-refractivity contribution in [2.45, 2.75) is 13.0 Å². The molecule has 0 N–H and O–H groups in total. The monoisotopic (exact) mass is 345 g/mol. The van der Waals surface area contributed by atoms with E-state index in [1.807, 2.05) is 12.1 Å². The maximum absolute atomic E-state index is 12.1. The first kappa shape index (κ1) is 16.3. The molecule has 5 nitrogen and oxygen atoms in total. The Morgan fingerprint density at radius 1 is 1.29 bits per heavy atom. The van der Waals surface area contributed by atoms with E-state index in [4.69, 9.17) is 20.8 Å². The van der Waals surface area contributed by atoms with Gasteiger partial charge in [0.2, 0.25) is 5.91 Å². The van der Waals surface area contributed by atoms with Gasteiger partial charge in [-0.05, 0) is 30.7 Å². The highest BCUT2D eigenvalue weighted by atomic mass is 35.5. The molecule has 0 unspecified atom stereocenters. The summed E-state index contributed by atoms with van der Waals surface area (Å²) >= 11 is 5.82. The number of carbonyl (C=O) groups is 1. The van der Waals surface area contributed by atoms with E-state index in [1.165, 1.54) is 12.1 Å². The Morgan fingerprint density at radius 2 is 2.00 bits per heavy atom. The van der Waals surface area contributed by atoms with Crippen molar-refractivity contribution in [3.63, 3.8) is 0 Å². The number of nitrogens with zero attached hydrogens (tertiary/aromatic N) is 1. The second kappa shape index (κ2) is 6.93. The number of aryl methyl sites for hydroxylation is 1. The molecule has 1 aromatic carbocycles. The van der Waals surface area contributed by atoms with E-state index in [1.54, 1.807) is 36.1 Å². The number of hydrogen-bond acceptors (Lipinski definition) is 4. The number of likely N-dealkylation sites (tertiary alicyclic amines) is 1. The van der Waals surface area contributed by atoms with E-state index in [9.17, 15) is 9.59 Å². The highest BCUT2D eigenvalue weighted by molar-refractivity contribution is 6.30. The van der Waals surface area contributed by atoms with E-state index in [0.29, 0.717) is 29.6 Å². The van der Waals surface area contributed by atoms with Gasteiger partial charge in [0.1, 0.15) is 17.6 Å². The first-order valence-electron chi connectivity index (χ1n) is 7.50. The third-order valence-electron chi connectivity index (χ3n) is 3.62. The molecule has 1 fully saturated rings. The van der Waals surface area contributed by atoms with E-state index < -0.39 is 5.63 Å². The number of carbonyl (C=O) groups excluding carboxylic acids is 1. The van der Waals surface area contributed by atoms with Crippen molar-refractivity contribution < 1.29 is 13.9 Å². The predicted molar refractivity (Wildman–Crippen MR) is 91.2 cm³/mol. The topological polar surface area (TPSA) is 59.8 Å². The molecule has 0 spiro atoms. The second-order valence-corrected chi connectivity index (χ2v) is 6.03. The first-order valence-corrected chi connectivity index (χ1v) is 7.88. The molecule has 124 valence electrons. The number of halogens is 1. The summed E-state index contributed by atoms with van der Waals surface area (Å²) in [5.74, 6) is 0.891. The molecule has 3 rings (SSSR count). The van der Waals surface area contributed by atoms with Gasteiger partial charge in [-0.15, -0.1) is 0 Å². The minimum Gasteiger partial charge on any atom is -0.486 e. The fourth-order valence-electron chi connectivity index (χ4n) is 2.38. The Morgan fingerprint density at radius 3 is 2.67 bits per heavy atom. The molecule has 24 heavy (non-hydrogen) atoms. The number of hydrogen-bond donors (Lipinski definition) is 0. The van der Waals surface area contributed by atoms with Gasteiger partial charge in [0.25, 0.3) is 0 Å². The maximum Gasteiger partial charge on any atom is 0.339 e. The summed E-state index contributed by atoms with van der Waals surface area (Å²) in [6.07, 6.45) is 3.17. The zero-order chi connectivity index (χ0) is 17.1. The summed E-state index contributed by atoms with van der Waals surface area (Å²) in [6, 6.07) is 10.2. The minimum absolute atomic E-state index is 0.0754. The van der Waals surface area contributed by atoms with Gasteiger partial charge in [0.05, 0.1) is 19.2 Å². The Balaban J connectivity index is 1.51. The van der Waals surface area contributed by atoms with Crippen LogP contribution in [-0.2, 0) is 4.79 Å². The van der Waals surface area contributed by atoms with E-state index in [2.05, 4.69) is 0 Å². The quantitative estimate of drug-likeness (QED) is 0.799. The van der Waals surface area contributed by atoms with Crippen LogP contribution in [-0.4, -0.2) is 30.0 Å². The Bertz CT molecular complexity index is 820. The molecule has 1 aromatic heterocycles. The van der Waals surface area contributed by atoms with Gasteiger partial charge in [-0.3, -0.25) is 4.79 Å². The Kier molecular flexibility index (Phi) is 4.71. The van der Waals surface area contributed by atoms with Gasteiger partial charge in [0, 0.05) is 17.2 Å². The van der Waals surface area contributed by atoms with Crippen molar-refractivity contribution in [3.8, 4) is 5.75 Å². The molecular weight excluding hydrogens is 330 g/mol. The third kappa shape index (κ3) is 4.06. The molecule has 2 heterocycles. The lowest BCUT2D eigenvalue weighted by atomic mass is 10.1. The summed E-state index contributed by atoms with van der Waals surface area (Å²) < 4.78 is 10.5. The van der Waals surface area contributed by atoms with Crippen molar-refractivity contribution >= 4 is 23.6 Å². The highest BCUT2D eigenvalue weighted by Gasteiger charge is 2.31. The molecule has 6 heteroatoms. The summed E-state index contributed by atoms with van der Waals surface area (Å²) in [5, 5.41) is 0.659. The Labute approximate surface area is 144 Å². The number of benzene rings is 1. The average molecular weight is 346 g/mol. The fourth-order valence-corrected chi connectivity index (χ4v) is 2.50. The highest BCUT2D eigenvalue weighted by Crippen LogP contribution is 2.18. The number of amides is 1. The second-order valence-electron chi connectivity index (χ2n) is 5.59. The van der Waals surface area contributed by atoms with Crippen LogP contribution in [0.5, 0.6) is 5.75 Å². The minimum atomic E-state index is -0.442. The van der Waals surface area contributed by atoms with E-state index >= 15 is 0 Å². The summed E-state index contributed by atoms with van der Waals surface area (Å²) in [4.78, 5) is 25.0. The van der Waals surface area contributed by atoms with Crippen LogP contribution in [0.3, 0.4) is 0 Å². The van der Waals surface area contributed by atoms with Crippen LogP contribution in [0.15, 0.2) is 51.7 Å². The molecule has 1 saturated heterocycles. The largest absolute Gasteiger partial charge is 0.486 e. The molecule has 1 aliphatic rings. The normalized spacial score (nSPS) is 14.7. The van der Waals surface area contributed by atoms with Crippen molar-refractivity contribution in [1.29, 1.82) is 0 Å². The van der Waals surface area contributed by atoms with Gasteiger partial charge in [-0.1, -0.05) is 23.7 Å².